The lowest BCUT2D eigenvalue weighted by Crippen LogP contribution is -2.25. The number of nitrogens with zero attached hydrogens (tertiary/aromatic N) is 3. The molecule has 6 heteroatoms. The third-order valence-corrected chi connectivity index (χ3v) is 3.41. The largest absolute Gasteiger partial charge is 0.481 e. The van der Waals surface area contributed by atoms with Crippen molar-refractivity contribution in [1.29, 1.82) is 0 Å². The van der Waals surface area contributed by atoms with Gasteiger partial charge in [-0.05, 0) is 28.8 Å². The maximum absolute atomic E-state index is 11.5. The summed E-state index contributed by atoms with van der Waals surface area (Å²) < 4.78 is 0. The van der Waals surface area contributed by atoms with Gasteiger partial charge >= 0.3 is 5.97 Å². The molecule has 0 saturated heterocycles. The second kappa shape index (κ2) is 6.79. The first kappa shape index (κ1) is 14.2. The Kier molecular flexibility index (Phi) is 4.81. The molecule has 2 aromatic rings. The maximum atomic E-state index is 11.5. The third-order valence-electron chi connectivity index (χ3n) is 3.41. The first-order valence-electron chi connectivity index (χ1n) is 6.72. The molecule has 6 nitrogen and oxygen atoms in total. The van der Waals surface area contributed by atoms with Crippen LogP contribution in [0.3, 0.4) is 0 Å². The van der Waals surface area contributed by atoms with Gasteiger partial charge in [-0.25, -0.2) is 5.10 Å². The van der Waals surface area contributed by atoms with E-state index in [2.05, 4.69) is 20.6 Å². The third kappa shape index (κ3) is 3.40. The lowest BCUT2D eigenvalue weighted by molar-refractivity contribution is -0.142. The van der Waals surface area contributed by atoms with E-state index in [-0.39, 0.29) is 5.92 Å². The van der Waals surface area contributed by atoms with Gasteiger partial charge in [0.1, 0.15) is 0 Å². The van der Waals surface area contributed by atoms with Crippen molar-refractivity contribution < 1.29 is 9.90 Å². The zero-order valence-corrected chi connectivity index (χ0v) is 11.4. The van der Waals surface area contributed by atoms with Crippen molar-refractivity contribution in [3.8, 4) is 0 Å². The molecule has 1 heterocycles. The number of hydrogen-bond acceptors (Lipinski definition) is 4. The summed E-state index contributed by atoms with van der Waals surface area (Å²) >= 11 is 0. The average molecular weight is 274 g/mol. The fourth-order valence-corrected chi connectivity index (χ4v) is 2.43. The van der Waals surface area contributed by atoms with Gasteiger partial charge in [0.2, 0.25) is 0 Å². The Morgan fingerprint density at radius 1 is 1.35 bits per heavy atom. The first-order chi connectivity index (χ1) is 9.72. The maximum Gasteiger partial charge on any atom is 0.307 e. The van der Waals surface area contributed by atoms with Gasteiger partial charge in [0.15, 0.2) is 5.82 Å². The van der Waals surface area contributed by atoms with Crippen LogP contribution in [-0.2, 0) is 11.2 Å². The van der Waals surface area contributed by atoms with Crippen molar-refractivity contribution in [1.82, 2.24) is 20.6 Å². The van der Waals surface area contributed by atoms with Crippen LogP contribution in [0.15, 0.2) is 30.3 Å². The summed E-state index contributed by atoms with van der Waals surface area (Å²) in [4.78, 5) is 11.5. The van der Waals surface area contributed by atoms with Crippen LogP contribution in [0.2, 0.25) is 0 Å². The van der Waals surface area contributed by atoms with E-state index in [0.717, 1.165) is 12.0 Å². The van der Waals surface area contributed by atoms with Crippen LogP contribution < -0.4 is 0 Å². The van der Waals surface area contributed by atoms with Gasteiger partial charge in [0.25, 0.3) is 0 Å². The predicted octanol–water partition coefficient (Wildman–Crippen LogP) is 2.03. The quantitative estimate of drug-likeness (QED) is 0.806. The van der Waals surface area contributed by atoms with Crippen LogP contribution in [0.4, 0.5) is 0 Å². The number of nitrogens with one attached hydrogen (secondary N) is 1. The zero-order valence-electron chi connectivity index (χ0n) is 11.4. The molecule has 0 aliphatic heterocycles. The number of aliphatic carboxylic acids is 1. The molecule has 0 bridgehead atoms. The average Bonchev–Trinajstić information content (AvgIpc) is 2.97. The Labute approximate surface area is 117 Å². The molecule has 2 rings (SSSR count). The highest BCUT2D eigenvalue weighted by molar-refractivity contribution is 5.71. The topological polar surface area (TPSA) is 91.8 Å². The summed E-state index contributed by atoms with van der Waals surface area (Å²) in [5.74, 6) is -1.00. The van der Waals surface area contributed by atoms with Crippen LogP contribution in [0.1, 0.15) is 37.1 Å². The number of aromatic amines is 1. The number of carbonyl (C=O) groups is 1. The Hall–Kier alpha value is -2.24. The molecule has 0 spiro atoms. The van der Waals surface area contributed by atoms with Gasteiger partial charge in [-0.1, -0.05) is 43.7 Å². The van der Waals surface area contributed by atoms with Crippen molar-refractivity contribution in [3.05, 3.63) is 41.7 Å². The van der Waals surface area contributed by atoms with Gasteiger partial charge in [-0.15, -0.1) is 5.10 Å². The standard InChI is InChI=1S/C14H18N4O2/c1-2-6-11(14(19)20)12(13-15-17-18-16-13)9-10-7-4-3-5-8-10/h3-5,7-8,11-12H,2,6,9H2,1H3,(H,19,20)(H,15,16,17,18)/t11?,12-/m0/s1. The Morgan fingerprint density at radius 3 is 2.65 bits per heavy atom. The number of aromatic nitrogens is 4. The lowest BCUT2D eigenvalue weighted by atomic mass is 9.83. The number of benzene rings is 1. The minimum Gasteiger partial charge on any atom is -0.481 e. The molecule has 20 heavy (non-hydrogen) atoms. The number of carboxylic acids is 1. The number of hydrogen-bond donors (Lipinski definition) is 2. The number of tetrazole rings is 1. The molecule has 0 fully saturated rings. The second-order valence-electron chi connectivity index (χ2n) is 4.82. The van der Waals surface area contributed by atoms with Gasteiger partial charge in [0, 0.05) is 5.92 Å². The predicted molar refractivity (Wildman–Crippen MR) is 73.1 cm³/mol. The fourth-order valence-electron chi connectivity index (χ4n) is 2.43. The SMILES string of the molecule is CCCC(C(=O)O)[C@H](Cc1ccccc1)c1nnn[nH]1. The van der Waals surface area contributed by atoms with Crippen molar-refractivity contribution >= 4 is 5.97 Å². The zero-order chi connectivity index (χ0) is 14.4. The monoisotopic (exact) mass is 274 g/mol. The number of carboxylic acid groups (broad SMARTS) is 1. The summed E-state index contributed by atoms with van der Waals surface area (Å²) in [5.41, 5.74) is 1.08. The summed E-state index contributed by atoms with van der Waals surface area (Å²) in [7, 11) is 0. The smallest absolute Gasteiger partial charge is 0.307 e. The van der Waals surface area contributed by atoms with E-state index in [0.29, 0.717) is 18.7 Å². The van der Waals surface area contributed by atoms with Gasteiger partial charge in [0.05, 0.1) is 5.92 Å². The van der Waals surface area contributed by atoms with E-state index >= 15 is 0 Å². The summed E-state index contributed by atoms with van der Waals surface area (Å²) in [5, 5.41) is 23.2. The highest BCUT2D eigenvalue weighted by atomic mass is 16.4. The Balaban J connectivity index is 2.27. The Bertz CT molecular complexity index is 527. The van der Waals surface area contributed by atoms with Gasteiger partial charge in [-0.3, -0.25) is 4.79 Å². The lowest BCUT2D eigenvalue weighted by Gasteiger charge is -2.21. The minimum absolute atomic E-state index is 0.246. The molecule has 0 aliphatic rings. The van der Waals surface area contributed by atoms with Crippen molar-refractivity contribution in [2.75, 3.05) is 0 Å². The van der Waals surface area contributed by atoms with E-state index in [4.69, 9.17) is 0 Å². The molecule has 2 atom stereocenters. The van der Waals surface area contributed by atoms with Crippen LogP contribution in [0, 0.1) is 5.92 Å². The van der Waals surface area contributed by atoms with Gasteiger partial charge in [-0.2, -0.15) is 0 Å². The molecule has 0 amide bonds. The Morgan fingerprint density at radius 2 is 2.10 bits per heavy atom. The van der Waals surface area contributed by atoms with E-state index < -0.39 is 11.9 Å². The number of rotatable bonds is 7. The molecule has 2 N–H and O–H groups in total. The van der Waals surface area contributed by atoms with E-state index in [9.17, 15) is 9.90 Å². The fraction of sp³-hybridized carbons (Fsp3) is 0.429. The summed E-state index contributed by atoms with van der Waals surface area (Å²) in [6.45, 7) is 1.98. The molecule has 1 aromatic carbocycles. The van der Waals surface area contributed by atoms with Crippen LogP contribution >= 0.6 is 0 Å². The van der Waals surface area contributed by atoms with Crippen molar-refractivity contribution in [3.63, 3.8) is 0 Å². The normalized spacial score (nSPS) is 13.8. The van der Waals surface area contributed by atoms with Crippen molar-refractivity contribution in [2.45, 2.75) is 32.1 Å². The summed E-state index contributed by atoms with van der Waals surface area (Å²) in [6.07, 6.45) is 2.02. The van der Waals surface area contributed by atoms with E-state index in [1.807, 2.05) is 37.3 Å². The molecular weight excluding hydrogens is 256 g/mol. The van der Waals surface area contributed by atoms with Crippen LogP contribution in [0.25, 0.3) is 0 Å². The van der Waals surface area contributed by atoms with Crippen LogP contribution in [0.5, 0.6) is 0 Å². The highest BCUT2D eigenvalue weighted by Gasteiger charge is 2.31. The molecular formula is C14H18N4O2. The van der Waals surface area contributed by atoms with Crippen molar-refractivity contribution in [2.24, 2.45) is 5.92 Å². The number of H-pyrrole nitrogens is 1. The first-order valence-corrected chi connectivity index (χ1v) is 6.72. The molecule has 1 aromatic heterocycles. The second-order valence-corrected chi connectivity index (χ2v) is 4.82. The minimum atomic E-state index is -0.802. The van der Waals surface area contributed by atoms with E-state index in [1.54, 1.807) is 0 Å². The molecule has 1 unspecified atom stereocenters. The van der Waals surface area contributed by atoms with Gasteiger partial charge < -0.3 is 5.11 Å². The summed E-state index contributed by atoms with van der Waals surface area (Å²) in [6, 6.07) is 9.81. The highest BCUT2D eigenvalue weighted by Crippen LogP contribution is 2.29. The molecule has 106 valence electrons. The molecule has 0 aliphatic carbocycles. The molecule has 0 radical (unpaired) electrons. The van der Waals surface area contributed by atoms with Crippen LogP contribution in [-0.4, -0.2) is 31.7 Å². The van der Waals surface area contributed by atoms with E-state index in [1.165, 1.54) is 0 Å². The molecule has 0 saturated carbocycles.